The minimum absolute atomic E-state index is 0.113. The van der Waals surface area contributed by atoms with Gasteiger partial charge < -0.3 is 5.11 Å². The van der Waals surface area contributed by atoms with Gasteiger partial charge in [0.05, 0.1) is 5.75 Å². The number of rotatable bonds is 5. The van der Waals surface area contributed by atoms with Crippen LogP contribution in [0.3, 0.4) is 0 Å². The Labute approximate surface area is 108 Å². The summed E-state index contributed by atoms with van der Waals surface area (Å²) in [6.07, 6.45) is 5.86. The largest absolute Gasteiger partial charge is 0.480 e. The lowest BCUT2D eigenvalue weighted by Gasteiger charge is -2.26. The lowest BCUT2D eigenvalue weighted by molar-refractivity contribution is -0.141. The first-order valence-corrected chi connectivity index (χ1v) is 8.34. The smallest absolute Gasteiger partial charge is 0.322 e. The van der Waals surface area contributed by atoms with Gasteiger partial charge in [0.15, 0.2) is 0 Å². The third-order valence-electron chi connectivity index (χ3n) is 3.83. The summed E-state index contributed by atoms with van der Waals surface area (Å²) in [5.74, 6) is -0.344. The quantitative estimate of drug-likeness (QED) is 0.824. The van der Waals surface area contributed by atoms with E-state index in [1.165, 1.54) is 4.31 Å². The van der Waals surface area contributed by atoms with Crippen molar-refractivity contribution in [3.05, 3.63) is 0 Å². The molecule has 5 nitrogen and oxygen atoms in total. The lowest BCUT2D eigenvalue weighted by atomic mass is 10.1. The summed E-state index contributed by atoms with van der Waals surface area (Å²) in [5, 5.41) is 9.18. The van der Waals surface area contributed by atoms with Crippen molar-refractivity contribution in [2.45, 2.75) is 51.0 Å². The molecule has 1 atom stereocenters. The highest BCUT2D eigenvalue weighted by Crippen LogP contribution is 2.33. The second-order valence-electron chi connectivity index (χ2n) is 5.36. The van der Waals surface area contributed by atoms with Crippen LogP contribution >= 0.6 is 0 Å². The minimum atomic E-state index is -3.40. The average molecular weight is 275 g/mol. The van der Waals surface area contributed by atoms with Crippen molar-refractivity contribution in [3.63, 3.8) is 0 Å². The molecule has 1 heterocycles. The summed E-state index contributed by atoms with van der Waals surface area (Å²) >= 11 is 0. The molecule has 1 unspecified atom stereocenters. The second kappa shape index (κ2) is 5.57. The molecule has 104 valence electrons. The van der Waals surface area contributed by atoms with E-state index in [9.17, 15) is 18.3 Å². The summed E-state index contributed by atoms with van der Waals surface area (Å²) < 4.78 is 25.7. The Balaban J connectivity index is 2.06. The fourth-order valence-electron chi connectivity index (χ4n) is 2.50. The zero-order chi connectivity index (χ0) is 13.2. The number of sulfonamides is 1. The first kappa shape index (κ1) is 13.8. The van der Waals surface area contributed by atoms with Crippen LogP contribution in [0.25, 0.3) is 0 Å². The van der Waals surface area contributed by atoms with Crippen LogP contribution in [-0.4, -0.2) is 42.1 Å². The van der Waals surface area contributed by atoms with Crippen molar-refractivity contribution < 1.29 is 18.3 Å². The van der Waals surface area contributed by atoms with E-state index in [4.69, 9.17) is 0 Å². The van der Waals surface area contributed by atoms with Crippen LogP contribution in [0.2, 0.25) is 0 Å². The van der Waals surface area contributed by atoms with Gasteiger partial charge in [-0.2, -0.15) is 4.31 Å². The van der Waals surface area contributed by atoms with E-state index >= 15 is 0 Å². The molecule has 6 heteroatoms. The molecule has 0 aromatic heterocycles. The molecule has 0 spiro atoms. The van der Waals surface area contributed by atoms with Gasteiger partial charge in [0.1, 0.15) is 6.04 Å². The van der Waals surface area contributed by atoms with Gasteiger partial charge in [-0.25, -0.2) is 8.42 Å². The van der Waals surface area contributed by atoms with Crippen LogP contribution in [0.4, 0.5) is 0 Å². The number of carbonyl (C=O) groups is 1. The number of nitrogens with zero attached hydrogens (tertiary/aromatic N) is 1. The van der Waals surface area contributed by atoms with Crippen molar-refractivity contribution in [3.8, 4) is 0 Å². The third-order valence-corrected chi connectivity index (χ3v) is 5.73. The molecule has 1 N–H and O–H groups in total. The predicted molar refractivity (Wildman–Crippen MR) is 67.7 cm³/mol. The van der Waals surface area contributed by atoms with Gasteiger partial charge in [-0.15, -0.1) is 0 Å². The molecule has 0 aromatic rings. The van der Waals surface area contributed by atoms with Crippen molar-refractivity contribution in [1.29, 1.82) is 0 Å². The van der Waals surface area contributed by atoms with E-state index in [2.05, 4.69) is 0 Å². The predicted octanol–water partition coefficient (Wildman–Crippen LogP) is 1.45. The van der Waals surface area contributed by atoms with Gasteiger partial charge in [-0.1, -0.05) is 25.7 Å². The molecule has 1 aliphatic heterocycles. The van der Waals surface area contributed by atoms with Gasteiger partial charge in [0.25, 0.3) is 0 Å². The highest BCUT2D eigenvalue weighted by molar-refractivity contribution is 7.89. The SMILES string of the molecule is O=C(O)C1CCCCCN1S(=O)(=O)CCC1CC1. The van der Waals surface area contributed by atoms with Crippen molar-refractivity contribution >= 4 is 16.0 Å². The molecule has 1 saturated carbocycles. The maximum Gasteiger partial charge on any atom is 0.322 e. The Morgan fingerprint density at radius 1 is 1.17 bits per heavy atom. The second-order valence-corrected chi connectivity index (χ2v) is 7.40. The zero-order valence-electron chi connectivity index (χ0n) is 10.5. The van der Waals surface area contributed by atoms with Crippen LogP contribution in [-0.2, 0) is 14.8 Å². The fraction of sp³-hybridized carbons (Fsp3) is 0.917. The lowest BCUT2D eigenvalue weighted by Crippen LogP contribution is -2.45. The van der Waals surface area contributed by atoms with Gasteiger partial charge in [-0.05, 0) is 25.2 Å². The first-order chi connectivity index (χ1) is 8.50. The number of hydrogen-bond acceptors (Lipinski definition) is 3. The topological polar surface area (TPSA) is 74.7 Å². The Bertz CT molecular complexity index is 402. The molecule has 2 aliphatic rings. The Morgan fingerprint density at radius 2 is 1.89 bits per heavy atom. The van der Waals surface area contributed by atoms with Crippen LogP contribution in [0.15, 0.2) is 0 Å². The van der Waals surface area contributed by atoms with Crippen LogP contribution < -0.4 is 0 Å². The zero-order valence-corrected chi connectivity index (χ0v) is 11.4. The Morgan fingerprint density at radius 3 is 2.50 bits per heavy atom. The van der Waals surface area contributed by atoms with Gasteiger partial charge >= 0.3 is 5.97 Å². The number of aliphatic carboxylic acids is 1. The van der Waals surface area contributed by atoms with E-state index in [1.807, 2.05) is 0 Å². The molecule has 1 saturated heterocycles. The summed E-state index contributed by atoms with van der Waals surface area (Å²) in [5.41, 5.74) is 0. The molecule has 0 amide bonds. The van der Waals surface area contributed by atoms with E-state index in [0.717, 1.165) is 32.1 Å². The van der Waals surface area contributed by atoms with Crippen LogP contribution in [0, 0.1) is 5.92 Å². The van der Waals surface area contributed by atoms with Crippen molar-refractivity contribution in [2.75, 3.05) is 12.3 Å². The van der Waals surface area contributed by atoms with Crippen molar-refractivity contribution in [1.82, 2.24) is 4.31 Å². The Kier molecular flexibility index (Phi) is 4.27. The number of hydrogen-bond donors (Lipinski definition) is 1. The summed E-state index contributed by atoms with van der Waals surface area (Å²) in [7, 11) is -3.40. The minimum Gasteiger partial charge on any atom is -0.480 e. The number of carboxylic acid groups (broad SMARTS) is 1. The van der Waals surface area contributed by atoms with Gasteiger partial charge in [0, 0.05) is 6.54 Å². The monoisotopic (exact) mass is 275 g/mol. The van der Waals surface area contributed by atoms with E-state index in [-0.39, 0.29) is 5.75 Å². The molecule has 0 radical (unpaired) electrons. The van der Waals surface area contributed by atoms with E-state index in [0.29, 0.717) is 25.3 Å². The number of carboxylic acids is 1. The summed E-state index contributed by atoms with van der Waals surface area (Å²) in [4.78, 5) is 11.2. The molecular weight excluding hydrogens is 254 g/mol. The molecule has 2 fully saturated rings. The van der Waals surface area contributed by atoms with E-state index in [1.54, 1.807) is 0 Å². The highest BCUT2D eigenvalue weighted by atomic mass is 32.2. The summed E-state index contributed by atoms with van der Waals surface area (Å²) in [6, 6.07) is -0.850. The standard InChI is InChI=1S/C12H21NO4S/c14-12(15)11-4-2-1-3-8-13(11)18(16,17)9-7-10-5-6-10/h10-11H,1-9H2,(H,14,15). The van der Waals surface area contributed by atoms with Gasteiger partial charge in [-0.3, -0.25) is 4.79 Å². The molecule has 0 aromatic carbocycles. The highest BCUT2D eigenvalue weighted by Gasteiger charge is 2.36. The van der Waals surface area contributed by atoms with E-state index < -0.39 is 22.0 Å². The maximum atomic E-state index is 12.2. The average Bonchev–Trinajstić information content (AvgIpc) is 3.13. The normalized spacial score (nSPS) is 26.8. The van der Waals surface area contributed by atoms with Crippen LogP contribution in [0.5, 0.6) is 0 Å². The van der Waals surface area contributed by atoms with Crippen molar-refractivity contribution in [2.24, 2.45) is 5.92 Å². The third kappa shape index (κ3) is 3.45. The molecule has 2 rings (SSSR count). The van der Waals surface area contributed by atoms with Crippen LogP contribution in [0.1, 0.15) is 44.9 Å². The molecular formula is C12H21NO4S. The Hall–Kier alpha value is -0.620. The van der Waals surface area contributed by atoms with Gasteiger partial charge in [0.2, 0.25) is 10.0 Å². The molecule has 0 bridgehead atoms. The maximum absolute atomic E-state index is 12.2. The molecule has 18 heavy (non-hydrogen) atoms. The fourth-order valence-corrected chi connectivity index (χ4v) is 4.36. The first-order valence-electron chi connectivity index (χ1n) is 6.73. The summed E-state index contributed by atoms with van der Waals surface area (Å²) in [6.45, 7) is 0.365. The molecule has 1 aliphatic carbocycles.